The molecular formula is C23H26N2O2. The molecule has 4 heteroatoms. The van der Waals surface area contributed by atoms with Gasteiger partial charge in [0.1, 0.15) is 5.58 Å². The minimum atomic E-state index is -0.263. The average molecular weight is 362 g/mol. The van der Waals surface area contributed by atoms with E-state index in [4.69, 9.17) is 4.42 Å². The molecule has 4 nitrogen and oxygen atoms in total. The van der Waals surface area contributed by atoms with Crippen LogP contribution in [0.5, 0.6) is 0 Å². The van der Waals surface area contributed by atoms with Gasteiger partial charge in [0.2, 0.25) is 0 Å². The molecule has 0 atom stereocenters. The fourth-order valence-corrected chi connectivity index (χ4v) is 3.88. The lowest BCUT2D eigenvalue weighted by Crippen LogP contribution is -2.45. The van der Waals surface area contributed by atoms with Crippen LogP contribution in [0, 0.1) is 13.8 Å². The Labute approximate surface area is 160 Å². The normalized spacial score (nSPS) is 16.1. The fourth-order valence-electron chi connectivity index (χ4n) is 3.88. The number of rotatable bonds is 4. The Bertz CT molecular complexity index is 1000. The third-order valence-corrected chi connectivity index (χ3v) is 5.33. The van der Waals surface area contributed by atoms with Crippen LogP contribution in [0.2, 0.25) is 0 Å². The molecule has 1 aliphatic heterocycles. The number of aryl methyl sites for hydroxylation is 2. The van der Waals surface area contributed by atoms with E-state index in [2.05, 4.69) is 53.1 Å². The van der Waals surface area contributed by atoms with Crippen LogP contribution in [0.25, 0.3) is 11.0 Å². The molecule has 4 rings (SSSR count). The number of piperazine rings is 1. The van der Waals surface area contributed by atoms with Crippen LogP contribution >= 0.6 is 0 Å². The molecule has 3 aromatic rings. The van der Waals surface area contributed by atoms with Crippen molar-refractivity contribution in [1.82, 2.24) is 9.80 Å². The fraction of sp³-hybridized carbons (Fsp3) is 0.348. The summed E-state index contributed by atoms with van der Waals surface area (Å²) in [5.41, 5.74) is 5.29. The van der Waals surface area contributed by atoms with E-state index in [1.165, 1.54) is 11.1 Å². The topological polar surface area (TPSA) is 36.7 Å². The van der Waals surface area contributed by atoms with E-state index in [1.807, 2.05) is 13.0 Å². The first-order valence-corrected chi connectivity index (χ1v) is 9.60. The molecule has 2 heterocycles. The van der Waals surface area contributed by atoms with E-state index in [0.29, 0.717) is 5.58 Å². The van der Waals surface area contributed by atoms with Crippen molar-refractivity contribution >= 4 is 11.0 Å². The molecule has 0 unspecified atom stereocenters. The van der Waals surface area contributed by atoms with Crippen molar-refractivity contribution in [3.05, 3.63) is 81.2 Å². The third-order valence-electron chi connectivity index (χ3n) is 5.33. The van der Waals surface area contributed by atoms with Crippen LogP contribution < -0.4 is 5.63 Å². The maximum absolute atomic E-state index is 11.9. The molecule has 0 N–H and O–H groups in total. The molecule has 2 aromatic carbocycles. The van der Waals surface area contributed by atoms with Crippen LogP contribution in [-0.4, -0.2) is 36.0 Å². The predicted octanol–water partition coefficient (Wildman–Crippen LogP) is 3.73. The van der Waals surface area contributed by atoms with Crippen molar-refractivity contribution in [2.75, 3.05) is 26.2 Å². The standard InChI is InChI=1S/C23H26N2O2/c1-17-4-3-5-19(12-17)15-24-8-10-25(11-9-24)16-20-14-23(26)27-22-13-18(2)6-7-21(20)22/h3-7,12-14H,8-11,15-16H2,1-2H3. The van der Waals surface area contributed by atoms with E-state index < -0.39 is 0 Å². The van der Waals surface area contributed by atoms with Gasteiger partial charge in [-0.1, -0.05) is 42.0 Å². The molecule has 27 heavy (non-hydrogen) atoms. The second kappa shape index (κ2) is 7.67. The SMILES string of the molecule is Cc1cccc(CN2CCN(Cc3cc(=O)oc4cc(C)ccc34)CC2)c1. The zero-order chi connectivity index (χ0) is 18.8. The van der Waals surface area contributed by atoms with E-state index in [9.17, 15) is 4.79 Å². The molecule has 0 radical (unpaired) electrons. The Hall–Kier alpha value is -2.43. The van der Waals surface area contributed by atoms with Gasteiger partial charge in [-0.2, -0.15) is 0 Å². The first kappa shape index (κ1) is 18.0. The van der Waals surface area contributed by atoms with E-state index in [0.717, 1.165) is 55.8 Å². The number of fused-ring (bicyclic) bond motifs is 1. The highest BCUT2D eigenvalue weighted by molar-refractivity contribution is 5.80. The van der Waals surface area contributed by atoms with Gasteiger partial charge < -0.3 is 4.42 Å². The number of benzene rings is 2. The van der Waals surface area contributed by atoms with Crippen molar-refractivity contribution in [2.24, 2.45) is 0 Å². The van der Waals surface area contributed by atoms with E-state index in [1.54, 1.807) is 6.07 Å². The lowest BCUT2D eigenvalue weighted by Gasteiger charge is -2.34. The van der Waals surface area contributed by atoms with Crippen molar-refractivity contribution in [1.29, 1.82) is 0 Å². The molecule has 1 aliphatic rings. The van der Waals surface area contributed by atoms with Gasteiger partial charge in [0, 0.05) is 50.7 Å². The van der Waals surface area contributed by atoms with Crippen LogP contribution in [0.3, 0.4) is 0 Å². The molecule has 140 valence electrons. The van der Waals surface area contributed by atoms with Gasteiger partial charge in [-0.3, -0.25) is 9.80 Å². The van der Waals surface area contributed by atoms with Gasteiger partial charge in [-0.25, -0.2) is 4.79 Å². The molecule has 0 aliphatic carbocycles. The highest BCUT2D eigenvalue weighted by atomic mass is 16.4. The summed E-state index contributed by atoms with van der Waals surface area (Å²) in [6.45, 7) is 10.1. The van der Waals surface area contributed by atoms with Gasteiger partial charge in [0.05, 0.1) is 0 Å². The Kier molecular flexibility index (Phi) is 5.10. The quantitative estimate of drug-likeness (QED) is 0.663. The summed E-state index contributed by atoms with van der Waals surface area (Å²) in [5.74, 6) is 0. The number of hydrogen-bond donors (Lipinski definition) is 0. The highest BCUT2D eigenvalue weighted by Crippen LogP contribution is 2.20. The molecule has 0 saturated carbocycles. The molecule has 1 aromatic heterocycles. The van der Waals surface area contributed by atoms with Crippen molar-refractivity contribution in [3.63, 3.8) is 0 Å². The summed E-state index contributed by atoms with van der Waals surface area (Å²) in [6.07, 6.45) is 0. The van der Waals surface area contributed by atoms with Crippen LogP contribution in [0.1, 0.15) is 22.3 Å². The average Bonchev–Trinajstić information content (AvgIpc) is 2.63. The molecule has 1 saturated heterocycles. The lowest BCUT2D eigenvalue weighted by molar-refractivity contribution is 0.122. The Morgan fingerprint density at radius 3 is 2.30 bits per heavy atom. The van der Waals surface area contributed by atoms with Gasteiger partial charge in [0.15, 0.2) is 0 Å². The molecule has 0 bridgehead atoms. The monoisotopic (exact) mass is 362 g/mol. The summed E-state index contributed by atoms with van der Waals surface area (Å²) < 4.78 is 5.38. The van der Waals surface area contributed by atoms with E-state index in [-0.39, 0.29) is 5.63 Å². The minimum absolute atomic E-state index is 0.263. The molecular weight excluding hydrogens is 336 g/mol. The first-order valence-electron chi connectivity index (χ1n) is 9.60. The van der Waals surface area contributed by atoms with Gasteiger partial charge in [-0.15, -0.1) is 0 Å². The maximum atomic E-state index is 11.9. The van der Waals surface area contributed by atoms with Crippen LogP contribution in [0.4, 0.5) is 0 Å². The first-order chi connectivity index (χ1) is 13.1. The number of nitrogens with zero attached hydrogens (tertiary/aromatic N) is 2. The van der Waals surface area contributed by atoms with Gasteiger partial charge in [-0.05, 0) is 36.6 Å². The third kappa shape index (κ3) is 4.29. The zero-order valence-electron chi connectivity index (χ0n) is 16.1. The second-order valence-electron chi connectivity index (χ2n) is 7.63. The smallest absolute Gasteiger partial charge is 0.336 e. The minimum Gasteiger partial charge on any atom is -0.423 e. The molecule has 0 amide bonds. The largest absolute Gasteiger partial charge is 0.423 e. The summed E-state index contributed by atoms with van der Waals surface area (Å²) in [4.78, 5) is 16.9. The highest BCUT2D eigenvalue weighted by Gasteiger charge is 2.18. The Morgan fingerprint density at radius 2 is 1.56 bits per heavy atom. The van der Waals surface area contributed by atoms with Crippen molar-refractivity contribution in [2.45, 2.75) is 26.9 Å². The van der Waals surface area contributed by atoms with Gasteiger partial charge in [0.25, 0.3) is 0 Å². The van der Waals surface area contributed by atoms with Crippen molar-refractivity contribution < 1.29 is 4.42 Å². The summed E-state index contributed by atoms with van der Waals surface area (Å²) in [6, 6.07) is 16.5. The second-order valence-corrected chi connectivity index (χ2v) is 7.63. The molecule has 1 fully saturated rings. The van der Waals surface area contributed by atoms with Crippen LogP contribution in [0.15, 0.2) is 57.7 Å². The molecule has 0 spiro atoms. The number of hydrogen-bond acceptors (Lipinski definition) is 4. The van der Waals surface area contributed by atoms with Crippen molar-refractivity contribution in [3.8, 4) is 0 Å². The van der Waals surface area contributed by atoms with Crippen LogP contribution in [-0.2, 0) is 13.1 Å². The zero-order valence-corrected chi connectivity index (χ0v) is 16.1. The summed E-state index contributed by atoms with van der Waals surface area (Å²) >= 11 is 0. The summed E-state index contributed by atoms with van der Waals surface area (Å²) in [5, 5.41) is 1.04. The Morgan fingerprint density at radius 1 is 0.852 bits per heavy atom. The summed E-state index contributed by atoms with van der Waals surface area (Å²) in [7, 11) is 0. The predicted molar refractivity (Wildman–Crippen MR) is 109 cm³/mol. The maximum Gasteiger partial charge on any atom is 0.336 e. The van der Waals surface area contributed by atoms with Gasteiger partial charge >= 0.3 is 5.63 Å². The van der Waals surface area contributed by atoms with E-state index >= 15 is 0 Å². The Balaban J connectivity index is 1.42. The lowest BCUT2D eigenvalue weighted by atomic mass is 10.1.